The van der Waals surface area contributed by atoms with Crippen LogP contribution in [0.5, 0.6) is 5.75 Å². The molecule has 1 rings (SSSR count). The number of halogens is 3. The van der Waals surface area contributed by atoms with Gasteiger partial charge in [-0.2, -0.15) is 13.2 Å². The normalized spacial score (nSPS) is 11.3. The average molecular weight is 305 g/mol. The maximum atomic E-state index is 12.4. The number of hydrogen-bond donors (Lipinski definition) is 1. The highest BCUT2D eigenvalue weighted by molar-refractivity contribution is 5.76. The van der Waals surface area contributed by atoms with Crippen molar-refractivity contribution < 1.29 is 27.8 Å². The van der Waals surface area contributed by atoms with Gasteiger partial charge < -0.3 is 14.7 Å². The number of hydrogen-bond acceptors (Lipinski definition) is 3. The summed E-state index contributed by atoms with van der Waals surface area (Å²) in [6.45, 7) is -2.16. The van der Waals surface area contributed by atoms with Crippen LogP contribution >= 0.6 is 0 Å². The minimum absolute atomic E-state index is 0.0523. The van der Waals surface area contributed by atoms with Crippen molar-refractivity contribution in [2.45, 2.75) is 19.0 Å². The lowest BCUT2D eigenvalue weighted by Crippen LogP contribution is -2.40. The summed E-state index contributed by atoms with van der Waals surface area (Å²) in [7, 11) is 1.51. The molecule has 0 aliphatic heterocycles. The topological polar surface area (TPSA) is 49.8 Å². The number of ether oxygens (including phenoxy) is 1. The van der Waals surface area contributed by atoms with Crippen LogP contribution in [0.25, 0.3) is 0 Å². The number of rotatable bonds is 7. The molecule has 0 bridgehead atoms. The number of nitrogens with zero attached hydrogens (tertiary/aromatic N) is 1. The van der Waals surface area contributed by atoms with Crippen LogP contribution in [0.3, 0.4) is 0 Å². The molecule has 0 unspecified atom stereocenters. The highest BCUT2D eigenvalue weighted by Gasteiger charge is 2.32. The molecule has 0 saturated heterocycles. The fourth-order valence-electron chi connectivity index (χ4n) is 1.87. The predicted octanol–water partition coefficient (Wildman–Crippen LogP) is 2.01. The van der Waals surface area contributed by atoms with Gasteiger partial charge in [0, 0.05) is 13.0 Å². The second-order valence-electron chi connectivity index (χ2n) is 4.51. The minimum Gasteiger partial charge on any atom is -0.497 e. The first-order valence-electron chi connectivity index (χ1n) is 6.44. The molecular formula is C14H18F3NO3. The average Bonchev–Trinajstić information content (AvgIpc) is 2.43. The van der Waals surface area contributed by atoms with Gasteiger partial charge in [-0.15, -0.1) is 0 Å². The lowest BCUT2D eigenvalue weighted by Gasteiger charge is -2.23. The smallest absolute Gasteiger partial charge is 0.406 e. The molecule has 0 aromatic heterocycles. The summed E-state index contributed by atoms with van der Waals surface area (Å²) in [5, 5.41) is 8.76. The van der Waals surface area contributed by atoms with E-state index in [4.69, 9.17) is 9.84 Å². The van der Waals surface area contributed by atoms with Gasteiger partial charge >= 0.3 is 6.18 Å². The highest BCUT2D eigenvalue weighted by Crippen LogP contribution is 2.18. The van der Waals surface area contributed by atoms with Crippen LogP contribution in [0.1, 0.15) is 12.0 Å². The molecule has 0 atom stereocenters. The van der Waals surface area contributed by atoms with Crippen molar-refractivity contribution in [3.05, 3.63) is 29.8 Å². The second kappa shape index (κ2) is 7.87. The third-order valence-electron chi connectivity index (χ3n) is 2.85. The van der Waals surface area contributed by atoms with E-state index in [0.29, 0.717) is 17.1 Å². The first-order chi connectivity index (χ1) is 9.85. The third-order valence-corrected chi connectivity index (χ3v) is 2.85. The zero-order chi connectivity index (χ0) is 15.9. The molecule has 0 spiro atoms. The van der Waals surface area contributed by atoms with Crippen LogP contribution in [-0.2, 0) is 11.2 Å². The molecular weight excluding hydrogens is 287 g/mol. The largest absolute Gasteiger partial charge is 0.497 e. The molecule has 7 heteroatoms. The Balaban J connectivity index is 2.60. The summed E-state index contributed by atoms with van der Waals surface area (Å²) in [5.41, 5.74) is 0.804. The van der Waals surface area contributed by atoms with Crippen molar-refractivity contribution in [3.8, 4) is 5.75 Å². The van der Waals surface area contributed by atoms with Crippen molar-refractivity contribution in [3.63, 3.8) is 0 Å². The van der Waals surface area contributed by atoms with Gasteiger partial charge in [-0.25, -0.2) is 0 Å². The molecule has 0 aliphatic carbocycles. The van der Waals surface area contributed by atoms with E-state index in [1.807, 2.05) is 0 Å². The molecule has 21 heavy (non-hydrogen) atoms. The van der Waals surface area contributed by atoms with E-state index in [1.165, 1.54) is 7.11 Å². The molecule has 1 N–H and O–H groups in total. The van der Waals surface area contributed by atoms with Crippen molar-refractivity contribution in [2.75, 3.05) is 26.8 Å². The number of benzene rings is 1. The van der Waals surface area contributed by atoms with Crippen LogP contribution in [0.2, 0.25) is 0 Å². The Labute approximate surface area is 121 Å². The Morgan fingerprint density at radius 1 is 1.38 bits per heavy atom. The number of amides is 1. The van der Waals surface area contributed by atoms with Crippen LogP contribution in [-0.4, -0.2) is 48.9 Å². The van der Waals surface area contributed by atoms with Gasteiger partial charge in [-0.05, 0) is 24.1 Å². The molecule has 0 radical (unpaired) electrons. The van der Waals surface area contributed by atoms with Crippen molar-refractivity contribution in [2.24, 2.45) is 0 Å². The van der Waals surface area contributed by atoms with Gasteiger partial charge in [0.1, 0.15) is 12.3 Å². The van der Waals surface area contributed by atoms with E-state index in [1.54, 1.807) is 24.3 Å². The molecule has 118 valence electrons. The fraction of sp³-hybridized carbons (Fsp3) is 0.500. The summed E-state index contributed by atoms with van der Waals surface area (Å²) in [5.74, 6) is -0.00773. The maximum Gasteiger partial charge on any atom is 0.406 e. The Kier molecular flexibility index (Phi) is 6.48. The van der Waals surface area contributed by atoms with Crippen molar-refractivity contribution >= 4 is 5.91 Å². The SMILES string of the molecule is COc1cccc(CCC(=O)N(CCO)CC(F)(F)F)c1. The standard InChI is InChI=1S/C14H18F3NO3/c1-21-12-4-2-3-11(9-12)5-6-13(20)18(7-8-19)10-14(15,16)17/h2-4,9,19H,5-8,10H2,1H3. The number of carbonyl (C=O) groups excluding carboxylic acids is 1. The van der Waals surface area contributed by atoms with Crippen LogP contribution < -0.4 is 4.74 Å². The van der Waals surface area contributed by atoms with Gasteiger partial charge in [0.2, 0.25) is 5.91 Å². The number of aliphatic hydroxyl groups excluding tert-OH is 1. The first-order valence-corrected chi connectivity index (χ1v) is 6.44. The lowest BCUT2D eigenvalue weighted by atomic mass is 10.1. The molecule has 1 aromatic carbocycles. The van der Waals surface area contributed by atoms with Gasteiger partial charge in [-0.3, -0.25) is 4.79 Å². The van der Waals surface area contributed by atoms with Gasteiger partial charge in [0.15, 0.2) is 0 Å². The molecule has 0 saturated carbocycles. The highest BCUT2D eigenvalue weighted by atomic mass is 19.4. The number of alkyl halides is 3. The number of aryl methyl sites for hydroxylation is 1. The molecule has 0 fully saturated rings. The summed E-state index contributed by atoms with van der Waals surface area (Å²) < 4.78 is 42.1. The van der Waals surface area contributed by atoms with Crippen molar-refractivity contribution in [1.82, 2.24) is 4.90 Å². The summed E-state index contributed by atoms with van der Waals surface area (Å²) in [4.78, 5) is 12.4. The first kappa shape index (κ1) is 17.3. The monoisotopic (exact) mass is 305 g/mol. The van der Waals surface area contributed by atoms with Gasteiger partial charge in [-0.1, -0.05) is 12.1 Å². The molecule has 4 nitrogen and oxygen atoms in total. The van der Waals surface area contributed by atoms with Crippen LogP contribution in [0, 0.1) is 0 Å². The van der Waals surface area contributed by atoms with E-state index >= 15 is 0 Å². The van der Waals surface area contributed by atoms with E-state index < -0.39 is 25.2 Å². The minimum atomic E-state index is -4.47. The Morgan fingerprint density at radius 3 is 2.67 bits per heavy atom. The third kappa shape index (κ3) is 6.48. The quantitative estimate of drug-likeness (QED) is 0.838. The molecule has 1 amide bonds. The van der Waals surface area contributed by atoms with Gasteiger partial charge in [0.05, 0.1) is 13.7 Å². The zero-order valence-electron chi connectivity index (χ0n) is 11.7. The Morgan fingerprint density at radius 2 is 2.10 bits per heavy atom. The van der Waals surface area contributed by atoms with Crippen molar-refractivity contribution in [1.29, 1.82) is 0 Å². The number of aliphatic hydroxyl groups is 1. The number of carbonyl (C=O) groups is 1. The predicted molar refractivity (Wildman–Crippen MR) is 71.0 cm³/mol. The second-order valence-corrected chi connectivity index (χ2v) is 4.51. The fourth-order valence-corrected chi connectivity index (χ4v) is 1.87. The van der Waals surface area contributed by atoms with Gasteiger partial charge in [0.25, 0.3) is 0 Å². The van der Waals surface area contributed by atoms with E-state index in [0.717, 1.165) is 5.56 Å². The van der Waals surface area contributed by atoms with Crippen LogP contribution in [0.4, 0.5) is 13.2 Å². The Hall–Kier alpha value is -1.76. The zero-order valence-corrected chi connectivity index (χ0v) is 11.7. The van der Waals surface area contributed by atoms with E-state index in [2.05, 4.69) is 0 Å². The molecule has 0 aliphatic rings. The maximum absolute atomic E-state index is 12.4. The van der Waals surface area contributed by atoms with Crippen LogP contribution in [0.15, 0.2) is 24.3 Å². The Bertz CT molecular complexity index is 463. The lowest BCUT2D eigenvalue weighted by molar-refractivity contribution is -0.162. The van der Waals surface area contributed by atoms with E-state index in [9.17, 15) is 18.0 Å². The summed E-state index contributed by atoms with van der Waals surface area (Å²) in [6, 6.07) is 7.00. The number of methoxy groups -OCH3 is 1. The van der Waals surface area contributed by atoms with E-state index in [-0.39, 0.29) is 13.0 Å². The summed E-state index contributed by atoms with van der Waals surface area (Å²) in [6.07, 6.45) is -4.21. The molecule has 0 heterocycles. The summed E-state index contributed by atoms with van der Waals surface area (Å²) >= 11 is 0. The molecule has 1 aromatic rings.